The molecule has 0 saturated carbocycles. The van der Waals surface area contributed by atoms with Crippen LogP contribution in [-0.2, 0) is 16.7 Å². The van der Waals surface area contributed by atoms with E-state index in [2.05, 4.69) is 4.90 Å². The topological polar surface area (TPSA) is 86.4 Å². The number of benzene rings is 1. The van der Waals surface area contributed by atoms with Gasteiger partial charge in [-0.1, -0.05) is 23.5 Å². The van der Waals surface area contributed by atoms with Crippen LogP contribution in [0.1, 0.15) is 11.3 Å². The maximum absolute atomic E-state index is 12.8. The van der Waals surface area contributed by atoms with Crippen molar-refractivity contribution in [1.29, 1.82) is 5.26 Å². The molecule has 1 aromatic carbocycles. The molecule has 0 N–H and O–H groups in total. The largest absolute Gasteiger partial charge is 0.308 e. The number of piperazine rings is 1. The van der Waals surface area contributed by atoms with Crippen molar-refractivity contribution in [2.24, 2.45) is 0 Å². The van der Waals surface area contributed by atoms with Crippen molar-refractivity contribution in [1.82, 2.24) is 13.8 Å². The Kier molecular flexibility index (Phi) is 5.06. The van der Waals surface area contributed by atoms with Gasteiger partial charge < -0.3 is 0 Å². The van der Waals surface area contributed by atoms with Gasteiger partial charge in [0, 0.05) is 37.3 Å². The van der Waals surface area contributed by atoms with E-state index in [1.54, 1.807) is 16.7 Å². The van der Waals surface area contributed by atoms with Gasteiger partial charge in [0.15, 0.2) is 0 Å². The van der Waals surface area contributed by atoms with Crippen molar-refractivity contribution in [3.8, 4) is 6.07 Å². The fourth-order valence-corrected chi connectivity index (χ4v) is 5.10. The second-order valence-electron chi connectivity index (χ2n) is 5.84. The first kappa shape index (κ1) is 17.8. The number of rotatable bonds is 4. The Morgan fingerprint density at radius 3 is 2.48 bits per heavy atom. The number of aryl methyl sites for hydroxylation is 1. The molecule has 1 aliphatic heterocycles. The summed E-state index contributed by atoms with van der Waals surface area (Å²) in [6.07, 6.45) is 0. The molecule has 25 heavy (non-hydrogen) atoms. The van der Waals surface area contributed by atoms with E-state index in [1.165, 1.54) is 27.8 Å². The second kappa shape index (κ2) is 7.09. The molecule has 3 rings (SSSR count). The Labute approximate surface area is 150 Å². The van der Waals surface area contributed by atoms with Crippen molar-refractivity contribution in [2.75, 3.05) is 26.2 Å². The second-order valence-corrected chi connectivity index (χ2v) is 8.57. The van der Waals surface area contributed by atoms with Gasteiger partial charge in [-0.25, -0.2) is 8.42 Å². The number of hydrogen-bond acceptors (Lipinski definition) is 6. The summed E-state index contributed by atoms with van der Waals surface area (Å²) in [5, 5.41) is 11.0. The summed E-state index contributed by atoms with van der Waals surface area (Å²) in [5.74, 6) is 0. The van der Waals surface area contributed by atoms with Crippen LogP contribution in [-0.4, -0.2) is 48.4 Å². The van der Waals surface area contributed by atoms with Crippen molar-refractivity contribution in [3.63, 3.8) is 0 Å². The molecule has 0 atom stereocenters. The van der Waals surface area contributed by atoms with Crippen LogP contribution in [0.15, 0.2) is 39.3 Å². The normalized spacial score (nSPS) is 16.6. The highest BCUT2D eigenvalue weighted by atomic mass is 32.2. The summed E-state index contributed by atoms with van der Waals surface area (Å²) in [7, 11) is -3.69. The Balaban J connectivity index is 1.72. The molecule has 0 unspecified atom stereocenters. The van der Waals surface area contributed by atoms with Gasteiger partial charge in [0.1, 0.15) is 6.07 Å². The predicted molar refractivity (Wildman–Crippen MR) is 94.8 cm³/mol. The minimum atomic E-state index is -3.69. The maximum Gasteiger partial charge on any atom is 0.308 e. The lowest BCUT2D eigenvalue weighted by molar-refractivity contribution is 0.150. The molecule has 0 spiro atoms. The van der Waals surface area contributed by atoms with Crippen molar-refractivity contribution in [3.05, 3.63) is 50.6 Å². The summed E-state index contributed by atoms with van der Waals surface area (Å²) < 4.78 is 28.7. The van der Waals surface area contributed by atoms with E-state index in [0.717, 1.165) is 5.69 Å². The van der Waals surface area contributed by atoms with Crippen LogP contribution < -0.4 is 4.87 Å². The van der Waals surface area contributed by atoms with Crippen LogP contribution in [0.3, 0.4) is 0 Å². The molecular weight excluding hydrogens is 360 g/mol. The first-order chi connectivity index (χ1) is 11.9. The Hall–Kier alpha value is -1.99. The van der Waals surface area contributed by atoms with Crippen LogP contribution >= 0.6 is 11.3 Å². The summed E-state index contributed by atoms with van der Waals surface area (Å²) in [6.45, 7) is 4.10. The molecule has 9 heteroatoms. The van der Waals surface area contributed by atoms with Gasteiger partial charge in [-0.15, -0.1) is 0 Å². The standard InChI is InChI=1S/C16H18N4O3S2/c1-13-11-24-16(21)20(13)12-18-6-8-19(9-7-18)25(22,23)15-5-3-2-4-14(15)10-17/h2-5,11H,6-9,12H2,1H3. The molecule has 2 heterocycles. The number of aromatic nitrogens is 1. The number of hydrogen-bond donors (Lipinski definition) is 0. The van der Waals surface area contributed by atoms with Gasteiger partial charge in [-0.2, -0.15) is 9.57 Å². The molecule has 7 nitrogen and oxygen atoms in total. The van der Waals surface area contributed by atoms with Gasteiger partial charge in [-0.3, -0.25) is 14.3 Å². The van der Waals surface area contributed by atoms with Gasteiger partial charge in [0.2, 0.25) is 10.0 Å². The molecule has 0 radical (unpaired) electrons. The summed E-state index contributed by atoms with van der Waals surface area (Å²) in [6, 6.07) is 8.18. The fourth-order valence-electron chi connectivity index (χ4n) is 2.81. The van der Waals surface area contributed by atoms with Crippen molar-refractivity contribution >= 4 is 21.4 Å². The van der Waals surface area contributed by atoms with Crippen molar-refractivity contribution < 1.29 is 8.42 Å². The molecule has 0 bridgehead atoms. The lowest BCUT2D eigenvalue weighted by atomic mass is 10.2. The highest BCUT2D eigenvalue weighted by Gasteiger charge is 2.30. The van der Waals surface area contributed by atoms with Gasteiger partial charge in [0.05, 0.1) is 17.1 Å². The first-order valence-electron chi connectivity index (χ1n) is 7.80. The zero-order chi connectivity index (χ0) is 18.0. The smallest absolute Gasteiger partial charge is 0.290 e. The lowest BCUT2D eigenvalue weighted by Crippen LogP contribution is -2.49. The highest BCUT2D eigenvalue weighted by molar-refractivity contribution is 7.89. The lowest BCUT2D eigenvalue weighted by Gasteiger charge is -2.34. The molecular formula is C16H18N4O3S2. The van der Waals surface area contributed by atoms with Crippen LogP contribution in [0.4, 0.5) is 0 Å². The zero-order valence-corrected chi connectivity index (χ0v) is 15.4. The predicted octanol–water partition coefficient (Wildman–Crippen LogP) is 1.05. The number of nitrogens with zero attached hydrogens (tertiary/aromatic N) is 4. The number of thiazole rings is 1. The molecule has 1 fully saturated rings. The van der Waals surface area contributed by atoms with E-state index >= 15 is 0 Å². The average molecular weight is 378 g/mol. The summed E-state index contributed by atoms with van der Waals surface area (Å²) in [5.41, 5.74) is 1.07. The van der Waals surface area contributed by atoms with E-state index in [0.29, 0.717) is 32.8 Å². The zero-order valence-electron chi connectivity index (χ0n) is 13.8. The number of sulfonamides is 1. The summed E-state index contributed by atoms with van der Waals surface area (Å²) >= 11 is 1.17. The monoisotopic (exact) mass is 378 g/mol. The highest BCUT2D eigenvalue weighted by Crippen LogP contribution is 2.21. The van der Waals surface area contributed by atoms with E-state index < -0.39 is 10.0 Å². The molecule has 0 aliphatic carbocycles. The molecule has 2 aromatic rings. The molecule has 0 amide bonds. The molecule has 1 aliphatic rings. The van der Waals surface area contributed by atoms with E-state index in [9.17, 15) is 13.2 Å². The maximum atomic E-state index is 12.8. The Morgan fingerprint density at radius 1 is 1.20 bits per heavy atom. The van der Waals surface area contributed by atoms with Gasteiger partial charge in [0.25, 0.3) is 0 Å². The molecule has 132 valence electrons. The quantitative estimate of drug-likeness (QED) is 0.794. The van der Waals surface area contributed by atoms with Crippen molar-refractivity contribution in [2.45, 2.75) is 18.5 Å². The SMILES string of the molecule is Cc1csc(=O)n1CN1CCN(S(=O)(=O)c2ccccc2C#N)CC1. The van der Waals surface area contributed by atoms with Crippen LogP contribution in [0.2, 0.25) is 0 Å². The van der Waals surface area contributed by atoms with Gasteiger partial charge >= 0.3 is 4.87 Å². The summed E-state index contributed by atoms with van der Waals surface area (Å²) in [4.78, 5) is 13.9. The first-order valence-corrected chi connectivity index (χ1v) is 10.1. The Bertz CT molecular complexity index is 964. The molecule has 1 aromatic heterocycles. The third kappa shape index (κ3) is 3.52. The van der Waals surface area contributed by atoms with E-state index in [-0.39, 0.29) is 15.3 Å². The van der Waals surface area contributed by atoms with Crippen LogP contribution in [0.25, 0.3) is 0 Å². The molecule has 1 saturated heterocycles. The van der Waals surface area contributed by atoms with Crippen LogP contribution in [0, 0.1) is 18.3 Å². The average Bonchev–Trinajstić information content (AvgIpc) is 2.94. The number of nitriles is 1. The minimum Gasteiger partial charge on any atom is -0.290 e. The van der Waals surface area contributed by atoms with Gasteiger partial charge in [-0.05, 0) is 19.1 Å². The van der Waals surface area contributed by atoms with Crippen LogP contribution in [0.5, 0.6) is 0 Å². The Morgan fingerprint density at radius 2 is 1.88 bits per heavy atom. The third-order valence-electron chi connectivity index (χ3n) is 4.27. The minimum absolute atomic E-state index is 0.00417. The van der Waals surface area contributed by atoms with E-state index in [1.807, 2.05) is 18.4 Å². The van der Waals surface area contributed by atoms with E-state index in [4.69, 9.17) is 5.26 Å². The third-order valence-corrected chi connectivity index (χ3v) is 7.11. The fraction of sp³-hybridized carbons (Fsp3) is 0.375.